The monoisotopic (exact) mass is 398 g/mol. The molecule has 0 aliphatic heterocycles. The highest BCUT2D eigenvalue weighted by molar-refractivity contribution is 7.99. The van der Waals surface area contributed by atoms with Gasteiger partial charge in [0.05, 0.1) is 5.69 Å². The average Bonchev–Trinajstić information content (AvgIpc) is 2.60. The number of hydrogen-bond donors (Lipinski definition) is 2. The number of carbonyl (C=O) groups is 2. The molecule has 2 amide bonds. The van der Waals surface area contributed by atoms with E-state index in [1.54, 1.807) is 42.5 Å². The Morgan fingerprint density at radius 3 is 2.46 bits per heavy atom. The van der Waals surface area contributed by atoms with Crippen LogP contribution in [0.1, 0.15) is 23.2 Å². The Hall–Kier alpha value is -2.12. The van der Waals surface area contributed by atoms with Gasteiger partial charge in [0.15, 0.2) is 0 Å². The van der Waals surface area contributed by atoms with Crippen LogP contribution in [0.2, 0.25) is 5.02 Å². The van der Waals surface area contributed by atoms with Crippen LogP contribution in [0.5, 0.6) is 0 Å². The summed E-state index contributed by atoms with van der Waals surface area (Å²) in [5, 5.41) is 5.88. The van der Waals surface area contributed by atoms with Crippen molar-refractivity contribution in [1.82, 2.24) is 5.32 Å². The third kappa shape index (κ3) is 6.65. The molecule has 26 heavy (non-hydrogen) atoms. The summed E-state index contributed by atoms with van der Waals surface area (Å²) in [7, 11) is 0. The van der Waals surface area contributed by atoms with Gasteiger partial charge in [-0.25, -0.2) is 0 Å². The minimum absolute atomic E-state index is 0.161. The lowest BCUT2D eigenvalue weighted by molar-refractivity contribution is -0.116. The fourth-order valence-corrected chi connectivity index (χ4v) is 2.86. The Kier molecular flexibility index (Phi) is 7.87. The molecule has 2 aromatic rings. The van der Waals surface area contributed by atoms with E-state index < -0.39 is 5.76 Å². The number of nitrogens with one attached hydrogen (secondary N) is 2. The Morgan fingerprint density at radius 2 is 1.77 bits per heavy atom. The lowest BCUT2D eigenvalue weighted by atomic mass is 10.2. The molecule has 0 saturated carbocycles. The molecule has 0 radical (unpaired) electrons. The molecule has 0 aliphatic carbocycles. The van der Waals surface area contributed by atoms with Crippen molar-refractivity contribution in [3.8, 4) is 0 Å². The highest BCUT2D eigenvalue weighted by Gasteiger charge is 2.12. The number of para-hydroxylation sites is 1. The molecule has 0 aliphatic rings. The van der Waals surface area contributed by atoms with E-state index in [1.165, 1.54) is 6.07 Å². The molecular formula is C18H17ClF2N2O2S. The summed E-state index contributed by atoms with van der Waals surface area (Å²) in [4.78, 5) is 24.2. The predicted octanol–water partition coefficient (Wildman–Crippen LogP) is 4.80. The first-order chi connectivity index (χ1) is 12.5. The SMILES string of the molecule is O=C(CCCNC(=O)c1ccc(Cl)cc1)Nc1ccccc1SC(F)F. The molecule has 2 rings (SSSR count). The van der Waals surface area contributed by atoms with Gasteiger partial charge in [0.25, 0.3) is 11.7 Å². The summed E-state index contributed by atoms with van der Waals surface area (Å²) >= 11 is 6.15. The second kappa shape index (κ2) is 10.1. The zero-order chi connectivity index (χ0) is 18.9. The smallest absolute Gasteiger partial charge is 0.288 e. The van der Waals surface area contributed by atoms with Crippen LogP contribution in [-0.2, 0) is 4.79 Å². The molecule has 0 unspecified atom stereocenters. The van der Waals surface area contributed by atoms with Crippen molar-refractivity contribution < 1.29 is 18.4 Å². The summed E-state index contributed by atoms with van der Waals surface area (Å²) in [6, 6.07) is 12.9. The maximum Gasteiger partial charge on any atom is 0.288 e. The lowest BCUT2D eigenvalue weighted by Gasteiger charge is -2.10. The summed E-state index contributed by atoms with van der Waals surface area (Å²) in [5.41, 5.74) is 0.838. The first-order valence-corrected chi connectivity index (χ1v) is 9.09. The summed E-state index contributed by atoms with van der Waals surface area (Å²) in [6.45, 7) is 0.322. The van der Waals surface area contributed by atoms with Crippen LogP contribution in [0.25, 0.3) is 0 Å². The third-order valence-electron chi connectivity index (χ3n) is 3.35. The van der Waals surface area contributed by atoms with Gasteiger partial charge in [0, 0.05) is 28.4 Å². The molecule has 4 nitrogen and oxygen atoms in total. The number of hydrogen-bond acceptors (Lipinski definition) is 3. The lowest BCUT2D eigenvalue weighted by Crippen LogP contribution is -2.25. The first-order valence-electron chi connectivity index (χ1n) is 7.83. The van der Waals surface area contributed by atoms with Crippen molar-refractivity contribution in [3.63, 3.8) is 0 Å². The van der Waals surface area contributed by atoms with Crippen molar-refractivity contribution in [3.05, 3.63) is 59.1 Å². The summed E-state index contributed by atoms with van der Waals surface area (Å²) in [6.07, 6.45) is 0.587. The van der Waals surface area contributed by atoms with Gasteiger partial charge in [0.1, 0.15) is 0 Å². The van der Waals surface area contributed by atoms with E-state index in [1.807, 2.05) is 0 Å². The van der Waals surface area contributed by atoms with E-state index in [0.29, 0.717) is 45.9 Å². The number of rotatable bonds is 8. The van der Waals surface area contributed by atoms with Crippen molar-refractivity contribution >= 4 is 40.9 Å². The molecule has 2 aromatic carbocycles. The van der Waals surface area contributed by atoms with Crippen molar-refractivity contribution in [2.45, 2.75) is 23.5 Å². The second-order valence-corrected chi connectivity index (χ2v) is 6.76. The minimum Gasteiger partial charge on any atom is -0.352 e. The van der Waals surface area contributed by atoms with Gasteiger partial charge in [-0.05, 0) is 42.8 Å². The molecular weight excluding hydrogens is 382 g/mol. The molecule has 0 spiro atoms. The van der Waals surface area contributed by atoms with Crippen LogP contribution in [0.15, 0.2) is 53.4 Å². The molecule has 0 fully saturated rings. The topological polar surface area (TPSA) is 58.2 Å². The molecule has 0 bridgehead atoms. The Balaban J connectivity index is 1.75. The van der Waals surface area contributed by atoms with Gasteiger partial charge in [-0.1, -0.05) is 35.5 Å². The van der Waals surface area contributed by atoms with E-state index in [2.05, 4.69) is 10.6 Å². The van der Waals surface area contributed by atoms with Crippen LogP contribution >= 0.6 is 23.4 Å². The van der Waals surface area contributed by atoms with E-state index in [4.69, 9.17) is 11.6 Å². The van der Waals surface area contributed by atoms with E-state index in [-0.39, 0.29) is 18.2 Å². The Labute approximate surface area is 159 Å². The normalized spacial score (nSPS) is 10.6. The molecule has 0 atom stereocenters. The zero-order valence-electron chi connectivity index (χ0n) is 13.7. The van der Waals surface area contributed by atoms with Crippen molar-refractivity contribution in [1.29, 1.82) is 0 Å². The number of anilines is 1. The minimum atomic E-state index is -2.56. The van der Waals surface area contributed by atoms with Gasteiger partial charge < -0.3 is 10.6 Å². The number of benzene rings is 2. The Bertz CT molecular complexity index is 757. The highest BCUT2D eigenvalue weighted by atomic mass is 35.5. The van der Waals surface area contributed by atoms with Gasteiger partial charge in [-0.15, -0.1) is 0 Å². The fourth-order valence-electron chi connectivity index (χ4n) is 2.14. The molecule has 8 heteroatoms. The number of thioether (sulfide) groups is 1. The van der Waals surface area contributed by atoms with E-state index in [0.717, 1.165) is 0 Å². The van der Waals surface area contributed by atoms with Crippen LogP contribution < -0.4 is 10.6 Å². The van der Waals surface area contributed by atoms with Gasteiger partial charge >= 0.3 is 0 Å². The van der Waals surface area contributed by atoms with Crippen LogP contribution in [0, 0.1) is 0 Å². The number of carbonyl (C=O) groups excluding carboxylic acids is 2. The molecule has 2 N–H and O–H groups in total. The maximum absolute atomic E-state index is 12.5. The number of halogens is 3. The van der Waals surface area contributed by atoms with Crippen LogP contribution in [0.4, 0.5) is 14.5 Å². The quantitative estimate of drug-likeness (QED) is 0.496. The average molecular weight is 399 g/mol. The van der Waals surface area contributed by atoms with Crippen LogP contribution in [0.3, 0.4) is 0 Å². The second-order valence-electron chi connectivity index (χ2n) is 5.29. The third-order valence-corrected chi connectivity index (χ3v) is 4.39. The maximum atomic E-state index is 12.5. The molecule has 0 saturated heterocycles. The van der Waals surface area contributed by atoms with E-state index >= 15 is 0 Å². The van der Waals surface area contributed by atoms with Gasteiger partial charge in [-0.3, -0.25) is 9.59 Å². The Morgan fingerprint density at radius 1 is 1.08 bits per heavy atom. The van der Waals surface area contributed by atoms with Crippen molar-refractivity contribution in [2.75, 3.05) is 11.9 Å². The summed E-state index contributed by atoms with van der Waals surface area (Å²) < 4.78 is 25.1. The summed E-state index contributed by atoms with van der Waals surface area (Å²) in [5.74, 6) is -3.11. The first kappa shape index (κ1) is 20.2. The standard InChI is InChI=1S/C18H17ClF2N2O2S/c19-13-9-7-12(8-10-13)17(25)22-11-3-6-16(24)23-14-4-1-2-5-15(14)26-18(20)21/h1-2,4-5,7-10,18H,3,6,11H2,(H,22,25)(H,23,24). The predicted molar refractivity (Wildman–Crippen MR) is 100.0 cm³/mol. The van der Waals surface area contributed by atoms with Crippen LogP contribution in [-0.4, -0.2) is 24.1 Å². The fraction of sp³-hybridized carbons (Fsp3) is 0.222. The number of alkyl halides is 2. The van der Waals surface area contributed by atoms with E-state index in [9.17, 15) is 18.4 Å². The largest absolute Gasteiger partial charge is 0.352 e. The number of amides is 2. The van der Waals surface area contributed by atoms with Gasteiger partial charge in [-0.2, -0.15) is 8.78 Å². The molecule has 0 heterocycles. The van der Waals surface area contributed by atoms with Crippen molar-refractivity contribution in [2.24, 2.45) is 0 Å². The molecule has 0 aromatic heterocycles. The molecule has 138 valence electrons. The van der Waals surface area contributed by atoms with Gasteiger partial charge in [0.2, 0.25) is 5.91 Å². The highest BCUT2D eigenvalue weighted by Crippen LogP contribution is 2.31. The zero-order valence-corrected chi connectivity index (χ0v) is 15.2.